The molecule has 4 atom stereocenters. The molecule has 3 aliphatic rings. The summed E-state index contributed by atoms with van der Waals surface area (Å²) in [6, 6.07) is 11.8. The number of hydrazine groups is 2. The largest absolute Gasteiger partial charge is 0.342 e. The first-order valence-corrected chi connectivity index (χ1v) is 11.7. The summed E-state index contributed by atoms with van der Waals surface area (Å²) < 4.78 is 14.7. The summed E-state index contributed by atoms with van der Waals surface area (Å²) in [6.45, 7) is 4.41. The van der Waals surface area contributed by atoms with Crippen LogP contribution in [0.5, 0.6) is 0 Å². The molecule has 4 N–H and O–H groups in total. The lowest BCUT2D eigenvalue weighted by molar-refractivity contribution is -0.139. The van der Waals surface area contributed by atoms with Crippen LogP contribution in [0.3, 0.4) is 0 Å². The van der Waals surface area contributed by atoms with Gasteiger partial charge in [-0.05, 0) is 35.8 Å². The predicted molar refractivity (Wildman–Crippen MR) is 124 cm³/mol. The van der Waals surface area contributed by atoms with Gasteiger partial charge in [0, 0.05) is 18.3 Å². The molecule has 2 aromatic rings. The standard InChI is InChI=1S/C25H29FN6O2/c1-14(2)18-8-9-20(28-24(18)26)22(15-6-4-3-5-7-15)29-25(34)23-19-10-16(19)13-32(23)21(33)11-17-12-27-31-30-17/h3-9,12,14,16,19,22-23,27,30-31H,10-11,13H2,1-2H3,(H,29,34)/t16-,19?,22-,23-/m0/s1. The van der Waals surface area contributed by atoms with E-state index < -0.39 is 18.0 Å². The number of aromatic nitrogens is 1. The highest BCUT2D eigenvalue weighted by Gasteiger charge is 2.57. The Hall–Kier alpha value is -3.46. The van der Waals surface area contributed by atoms with E-state index in [0.717, 1.165) is 17.7 Å². The monoisotopic (exact) mass is 464 g/mol. The molecule has 34 heavy (non-hydrogen) atoms. The third-order valence-corrected chi connectivity index (χ3v) is 6.86. The Morgan fingerprint density at radius 1 is 1.21 bits per heavy atom. The Balaban J connectivity index is 1.39. The van der Waals surface area contributed by atoms with Gasteiger partial charge in [0.15, 0.2) is 0 Å². The number of nitrogens with one attached hydrogen (secondary N) is 4. The van der Waals surface area contributed by atoms with Crippen molar-refractivity contribution < 1.29 is 14.0 Å². The summed E-state index contributed by atoms with van der Waals surface area (Å²) >= 11 is 0. The molecule has 2 aliphatic heterocycles. The second-order valence-corrected chi connectivity index (χ2v) is 9.51. The second kappa shape index (κ2) is 9.06. The van der Waals surface area contributed by atoms with Gasteiger partial charge in [-0.25, -0.2) is 4.98 Å². The third-order valence-electron chi connectivity index (χ3n) is 6.86. The lowest BCUT2D eigenvalue weighted by Crippen LogP contribution is -2.49. The highest BCUT2D eigenvalue weighted by molar-refractivity contribution is 5.90. The van der Waals surface area contributed by atoms with Crippen LogP contribution in [0.2, 0.25) is 0 Å². The Morgan fingerprint density at radius 2 is 2.00 bits per heavy atom. The van der Waals surface area contributed by atoms with Crippen LogP contribution in [0.15, 0.2) is 54.4 Å². The number of hydrogen-bond donors (Lipinski definition) is 4. The minimum atomic E-state index is -0.619. The molecule has 5 rings (SSSR count). The maximum atomic E-state index is 14.7. The van der Waals surface area contributed by atoms with Gasteiger partial charge < -0.3 is 21.1 Å². The van der Waals surface area contributed by atoms with Crippen LogP contribution in [0.4, 0.5) is 4.39 Å². The van der Waals surface area contributed by atoms with Crippen molar-refractivity contribution in [3.8, 4) is 0 Å². The molecule has 1 aliphatic carbocycles. The number of nitrogens with zero attached hydrogens (tertiary/aromatic N) is 2. The molecule has 178 valence electrons. The summed E-state index contributed by atoms with van der Waals surface area (Å²) in [5.41, 5.74) is 10.9. The fourth-order valence-electron chi connectivity index (χ4n) is 4.94. The predicted octanol–water partition coefficient (Wildman–Crippen LogP) is 2.24. The van der Waals surface area contributed by atoms with Gasteiger partial charge in [-0.15, -0.1) is 0 Å². The first kappa shape index (κ1) is 22.3. The number of rotatable bonds is 7. The number of hydrogen-bond acceptors (Lipinski definition) is 6. The first-order valence-electron chi connectivity index (χ1n) is 11.7. The van der Waals surface area contributed by atoms with E-state index in [-0.39, 0.29) is 30.1 Å². The molecule has 8 nitrogen and oxygen atoms in total. The van der Waals surface area contributed by atoms with Gasteiger partial charge in [0.05, 0.1) is 23.9 Å². The second-order valence-electron chi connectivity index (χ2n) is 9.51. The molecular formula is C25H29FN6O2. The van der Waals surface area contributed by atoms with Gasteiger partial charge >= 0.3 is 0 Å². The molecule has 3 heterocycles. The lowest BCUT2D eigenvalue weighted by Gasteiger charge is -2.29. The molecule has 2 amide bonds. The SMILES string of the molecule is CC(C)c1ccc([C@@H](NC(=O)[C@@H]2C3C[C@H]3CN2C(=O)CC2=CNNN2)c2ccccc2)nc1F. The number of halogens is 1. The van der Waals surface area contributed by atoms with E-state index in [1.807, 2.05) is 44.2 Å². The van der Waals surface area contributed by atoms with Gasteiger partial charge in [0.2, 0.25) is 17.8 Å². The van der Waals surface area contributed by atoms with Crippen molar-refractivity contribution in [2.45, 2.75) is 44.7 Å². The molecule has 1 saturated heterocycles. The summed E-state index contributed by atoms with van der Waals surface area (Å²) in [4.78, 5) is 32.5. The maximum absolute atomic E-state index is 14.7. The Bertz CT molecular complexity index is 1120. The Kier molecular flexibility index (Phi) is 5.95. The Morgan fingerprint density at radius 3 is 2.68 bits per heavy atom. The number of fused-ring (bicyclic) bond motifs is 1. The summed E-state index contributed by atoms with van der Waals surface area (Å²) in [5.74, 6) is -0.328. The molecule has 2 fully saturated rings. The van der Waals surface area contributed by atoms with E-state index in [4.69, 9.17) is 0 Å². The fourth-order valence-corrected chi connectivity index (χ4v) is 4.94. The van der Waals surface area contributed by atoms with Crippen LogP contribution in [-0.2, 0) is 9.59 Å². The number of carbonyl (C=O) groups excluding carboxylic acids is 2. The van der Waals surface area contributed by atoms with Gasteiger partial charge in [-0.3, -0.25) is 9.59 Å². The van der Waals surface area contributed by atoms with Gasteiger partial charge in [-0.2, -0.15) is 9.93 Å². The smallest absolute Gasteiger partial charge is 0.243 e. The average molecular weight is 465 g/mol. The van der Waals surface area contributed by atoms with Crippen LogP contribution in [0, 0.1) is 17.8 Å². The minimum Gasteiger partial charge on any atom is -0.342 e. The van der Waals surface area contributed by atoms with Crippen molar-refractivity contribution in [1.82, 2.24) is 31.6 Å². The van der Waals surface area contributed by atoms with Crippen LogP contribution in [0.25, 0.3) is 0 Å². The van der Waals surface area contributed by atoms with Crippen molar-refractivity contribution in [3.63, 3.8) is 0 Å². The lowest BCUT2D eigenvalue weighted by atomic mass is 9.99. The molecule has 1 unspecified atom stereocenters. The zero-order chi connectivity index (χ0) is 23.8. The molecule has 1 saturated carbocycles. The zero-order valence-electron chi connectivity index (χ0n) is 19.2. The highest BCUT2D eigenvalue weighted by Crippen LogP contribution is 2.50. The number of benzene rings is 1. The van der Waals surface area contributed by atoms with E-state index in [1.54, 1.807) is 23.2 Å². The fraction of sp³-hybridized carbons (Fsp3) is 0.400. The van der Waals surface area contributed by atoms with Crippen molar-refractivity contribution >= 4 is 11.8 Å². The molecule has 9 heteroatoms. The van der Waals surface area contributed by atoms with Crippen LogP contribution >= 0.6 is 0 Å². The summed E-state index contributed by atoms with van der Waals surface area (Å²) in [7, 11) is 0. The van der Waals surface area contributed by atoms with E-state index in [2.05, 4.69) is 26.7 Å². The van der Waals surface area contributed by atoms with Crippen LogP contribution < -0.4 is 21.7 Å². The molecule has 0 spiro atoms. The highest BCUT2D eigenvalue weighted by atomic mass is 19.1. The van der Waals surface area contributed by atoms with Crippen LogP contribution in [0.1, 0.15) is 55.5 Å². The number of likely N-dealkylation sites (tertiary alicyclic amines) is 1. The van der Waals surface area contributed by atoms with E-state index in [1.165, 1.54) is 0 Å². The Labute approximate surface area is 197 Å². The van der Waals surface area contributed by atoms with Crippen LogP contribution in [-0.4, -0.2) is 34.3 Å². The van der Waals surface area contributed by atoms with Gasteiger partial charge in [0.25, 0.3) is 0 Å². The van der Waals surface area contributed by atoms with Gasteiger partial charge in [-0.1, -0.05) is 50.2 Å². The summed E-state index contributed by atoms with van der Waals surface area (Å²) in [5, 5.41) is 3.09. The van der Waals surface area contributed by atoms with E-state index >= 15 is 0 Å². The number of amides is 2. The van der Waals surface area contributed by atoms with Crippen molar-refractivity contribution in [2.24, 2.45) is 11.8 Å². The molecule has 0 radical (unpaired) electrons. The third kappa shape index (κ3) is 4.35. The van der Waals surface area contributed by atoms with E-state index in [0.29, 0.717) is 23.7 Å². The topological polar surface area (TPSA) is 98.4 Å². The quantitative estimate of drug-likeness (QED) is 0.469. The molecule has 1 aromatic heterocycles. The van der Waals surface area contributed by atoms with Crippen molar-refractivity contribution in [2.75, 3.05) is 6.54 Å². The number of carbonyl (C=O) groups is 2. The van der Waals surface area contributed by atoms with Crippen molar-refractivity contribution in [3.05, 3.63) is 77.1 Å². The maximum Gasteiger partial charge on any atom is 0.243 e. The number of pyridine rings is 1. The molecular weight excluding hydrogens is 435 g/mol. The van der Waals surface area contributed by atoms with E-state index in [9.17, 15) is 14.0 Å². The first-order chi connectivity index (χ1) is 16.4. The molecule has 1 aromatic carbocycles. The molecule has 0 bridgehead atoms. The average Bonchev–Trinajstić information content (AvgIpc) is 3.21. The zero-order valence-corrected chi connectivity index (χ0v) is 19.2. The van der Waals surface area contributed by atoms with Gasteiger partial charge in [0.1, 0.15) is 6.04 Å². The normalized spacial score (nSPS) is 23.6. The van der Waals surface area contributed by atoms with Crippen molar-refractivity contribution in [1.29, 1.82) is 0 Å². The minimum absolute atomic E-state index is 0.00560. The summed E-state index contributed by atoms with van der Waals surface area (Å²) in [6.07, 6.45) is 2.81. The number of piperidine rings is 1.